The Bertz CT molecular complexity index is 891. The van der Waals surface area contributed by atoms with Crippen molar-refractivity contribution in [3.63, 3.8) is 0 Å². The SMILES string of the molecule is CCOCOc1cc(C=Cc2cccc(C=CCCCCC(=O)OC)c2)cc(OCOCC)c1. The molecule has 0 unspecified atom stereocenters. The molecule has 2 aromatic rings. The second-order valence-corrected chi connectivity index (χ2v) is 7.48. The Morgan fingerprint density at radius 1 is 0.794 bits per heavy atom. The zero-order chi connectivity index (χ0) is 24.4. The van der Waals surface area contributed by atoms with Crippen LogP contribution in [0, 0.1) is 0 Å². The first-order valence-corrected chi connectivity index (χ1v) is 11.7. The Balaban J connectivity index is 2.01. The van der Waals surface area contributed by atoms with Crippen molar-refractivity contribution in [2.45, 2.75) is 39.5 Å². The lowest BCUT2D eigenvalue weighted by molar-refractivity contribution is -0.140. The fourth-order valence-corrected chi connectivity index (χ4v) is 3.05. The fourth-order valence-electron chi connectivity index (χ4n) is 3.05. The summed E-state index contributed by atoms with van der Waals surface area (Å²) in [5, 5.41) is 0. The molecule has 2 rings (SSSR count). The monoisotopic (exact) mass is 468 g/mol. The quantitative estimate of drug-likeness (QED) is 0.124. The number of rotatable bonds is 16. The number of methoxy groups -OCH3 is 1. The molecular weight excluding hydrogens is 432 g/mol. The summed E-state index contributed by atoms with van der Waals surface area (Å²) in [6.07, 6.45) is 11.5. The van der Waals surface area contributed by atoms with Gasteiger partial charge in [0.15, 0.2) is 13.6 Å². The van der Waals surface area contributed by atoms with Gasteiger partial charge in [0, 0.05) is 25.7 Å². The Kier molecular flexibility index (Phi) is 13.2. The minimum absolute atomic E-state index is 0.150. The van der Waals surface area contributed by atoms with Gasteiger partial charge in [0.25, 0.3) is 0 Å². The van der Waals surface area contributed by atoms with Crippen molar-refractivity contribution in [1.29, 1.82) is 0 Å². The average molecular weight is 469 g/mol. The van der Waals surface area contributed by atoms with Gasteiger partial charge in [0.1, 0.15) is 11.5 Å². The van der Waals surface area contributed by atoms with E-state index in [9.17, 15) is 4.79 Å². The zero-order valence-corrected chi connectivity index (χ0v) is 20.5. The summed E-state index contributed by atoms with van der Waals surface area (Å²) in [6.45, 7) is 5.40. The van der Waals surface area contributed by atoms with Crippen molar-refractivity contribution in [3.8, 4) is 11.5 Å². The minimum Gasteiger partial charge on any atom is -0.469 e. The molecule has 0 spiro atoms. The predicted octanol–water partition coefficient (Wildman–Crippen LogP) is 6.35. The lowest BCUT2D eigenvalue weighted by Gasteiger charge is -2.11. The van der Waals surface area contributed by atoms with Crippen molar-refractivity contribution in [3.05, 3.63) is 65.2 Å². The maximum atomic E-state index is 11.2. The summed E-state index contributed by atoms with van der Waals surface area (Å²) < 4.78 is 26.6. The topological polar surface area (TPSA) is 63.2 Å². The van der Waals surface area contributed by atoms with Crippen LogP contribution in [0.4, 0.5) is 0 Å². The van der Waals surface area contributed by atoms with Gasteiger partial charge in [0.05, 0.1) is 7.11 Å². The van der Waals surface area contributed by atoms with E-state index in [4.69, 9.17) is 18.9 Å². The number of carbonyl (C=O) groups excluding carboxylic acids is 1. The smallest absolute Gasteiger partial charge is 0.305 e. The van der Waals surface area contributed by atoms with Crippen LogP contribution in [0.2, 0.25) is 0 Å². The Morgan fingerprint density at radius 2 is 1.41 bits per heavy atom. The molecule has 0 saturated heterocycles. The fraction of sp³-hybridized carbons (Fsp3) is 0.393. The number of hydrogen-bond acceptors (Lipinski definition) is 6. The van der Waals surface area contributed by atoms with Gasteiger partial charge in [-0.15, -0.1) is 0 Å². The van der Waals surface area contributed by atoms with Gasteiger partial charge in [-0.3, -0.25) is 4.79 Å². The van der Waals surface area contributed by atoms with Crippen LogP contribution >= 0.6 is 0 Å². The average Bonchev–Trinajstić information content (AvgIpc) is 2.85. The maximum Gasteiger partial charge on any atom is 0.305 e. The van der Waals surface area contributed by atoms with E-state index in [-0.39, 0.29) is 19.6 Å². The summed E-state index contributed by atoms with van der Waals surface area (Å²) in [5.74, 6) is 1.19. The van der Waals surface area contributed by atoms with E-state index in [2.05, 4.69) is 41.2 Å². The van der Waals surface area contributed by atoms with Gasteiger partial charge in [-0.25, -0.2) is 0 Å². The van der Waals surface area contributed by atoms with Crippen molar-refractivity contribution in [2.24, 2.45) is 0 Å². The first-order valence-electron chi connectivity index (χ1n) is 11.7. The van der Waals surface area contributed by atoms with Crippen LogP contribution in [0.1, 0.15) is 56.2 Å². The third kappa shape index (κ3) is 11.2. The number of carbonyl (C=O) groups is 1. The molecule has 6 nitrogen and oxygen atoms in total. The third-order valence-corrected chi connectivity index (χ3v) is 4.85. The van der Waals surface area contributed by atoms with Crippen LogP contribution in [0.5, 0.6) is 11.5 Å². The molecule has 0 amide bonds. The second-order valence-electron chi connectivity index (χ2n) is 7.48. The van der Waals surface area contributed by atoms with Gasteiger partial charge in [-0.05, 0) is 68.0 Å². The molecule has 2 aromatic carbocycles. The van der Waals surface area contributed by atoms with Crippen LogP contribution in [0.15, 0.2) is 48.5 Å². The molecule has 184 valence electrons. The molecule has 0 radical (unpaired) electrons. The van der Waals surface area contributed by atoms with Gasteiger partial charge in [-0.1, -0.05) is 42.5 Å². The van der Waals surface area contributed by atoms with Crippen molar-refractivity contribution >= 4 is 24.2 Å². The molecule has 6 heteroatoms. The molecular formula is C28H36O6. The standard InChI is InChI=1S/C28H36O6/c1-4-31-21-33-26-18-25(19-27(20-26)34-22-32-5-2)16-15-24-13-10-12-23(17-24)11-8-6-7-9-14-28(29)30-3/h8,10-13,15-20H,4-7,9,14,21-22H2,1-3H3. The lowest BCUT2D eigenvalue weighted by atomic mass is 10.1. The molecule has 0 N–H and O–H groups in total. The van der Waals surface area contributed by atoms with Gasteiger partial charge < -0.3 is 23.7 Å². The van der Waals surface area contributed by atoms with E-state index >= 15 is 0 Å². The zero-order valence-electron chi connectivity index (χ0n) is 20.5. The van der Waals surface area contributed by atoms with E-state index in [1.54, 1.807) is 0 Å². The molecule has 34 heavy (non-hydrogen) atoms. The van der Waals surface area contributed by atoms with Crippen molar-refractivity contribution in [2.75, 3.05) is 33.9 Å². The number of hydrogen-bond donors (Lipinski definition) is 0. The number of esters is 1. The third-order valence-electron chi connectivity index (χ3n) is 4.85. The van der Waals surface area contributed by atoms with Crippen molar-refractivity contribution < 1.29 is 28.5 Å². The largest absolute Gasteiger partial charge is 0.469 e. The summed E-state index contributed by atoms with van der Waals surface area (Å²) >= 11 is 0. The molecule has 0 heterocycles. The number of benzene rings is 2. The Hall–Kier alpha value is -3.09. The van der Waals surface area contributed by atoms with Crippen LogP contribution in [0.3, 0.4) is 0 Å². The second kappa shape index (κ2) is 16.5. The highest BCUT2D eigenvalue weighted by Gasteiger charge is 2.03. The summed E-state index contributed by atoms with van der Waals surface area (Å²) in [7, 11) is 1.42. The number of allylic oxidation sites excluding steroid dienone is 1. The molecule has 0 fully saturated rings. The van der Waals surface area contributed by atoms with E-state index in [1.165, 1.54) is 7.11 Å². The van der Waals surface area contributed by atoms with Crippen LogP contribution < -0.4 is 9.47 Å². The summed E-state index contributed by atoms with van der Waals surface area (Å²) in [5.41, 5.74) is 3.17. The predicted molar refractivity (Wildman–Crippen MR) is 136 cm³/mol. The highest BCUT2D eigenvalue weighted by atomic mass is 16.7. The van der Waals surface area contributed by atoms with E-state index < -0.39 is 0 Å². The molecule has 0 bridgehead atoms. The highest BCUT2D eigenvalue weighted by Crippen LogP contribution is 2.25. The van der Waals surface area contributed by atoms with E-state index in [1.807, 2.05) is 44.2 Å². The van der Waals surface area contributed by atoms with Crippen LogP contribution in [-0.4, -0.2) is 39.9 Å². The molecule has 0 aliphatic carbocycles. The van der Waals surface area contributed by atoms with Crippen LogP contribution in [0.25, 0.3) is 18.2 Å². The lowest BCUT2D eigenvalue weighted by Crippen LogP contribution is -2.04. The molecule has 0 atom stereocenters. The summed E-state index contributed by atoms with van der Waals surface area (Å²) in [4.78, 5) is 11.2. The maximum absolute atomic E-state index is 11.2. The minimum atomic E-state index is -0.150. The van der Waals surface area contributed by atoms with Gasteiger partial charge in [-0.2, -0.15) is 0 Å². The Morgan fingerprint density at radius 3 is 2.03 bits per heavy atom. The first-order chi connectivity index (χ1) is 16.6. The van der Waals surface area contributed by atoms with E-state index in [0.29, 0.717) is 31.1 Å². The van der Waals surface area contributed by atoms with E-state index in [0.717, 1.165) is 36.0 Å². The van der Waals surface area contributed by atoms with Crippen molar-refractivity contribution in [1.82, 2.24) is 0 Å². The molecule has 0 aliphatic rings. The summed E-state index contributed by atoms with van der Waals surface area (Å²) in [6, 6.07) is 14.0. The normalized spacial score (nSPS) is 11.3. The van der Waals surface area contributed by atoms with Crippen LogP contribution in [-0.2, 0) is 19.0 Å². The molecule has 0 saturated carbocycles. The van der Waals surface area contributed by atoms with Gasteiger partial charge in [0.2, 0.25) is 0 Å². The number of unbranched alkanes of at least 4 members (excludes halogenated alkanes) is 2. The van der Waals surface area contributed by atoms with Gasteiger partial charge >= 0.3 is 5.97 Å². The first kappa shape index (κ1) is 27.2. The molecule has 0 aromatic heterocycles. The number of ether oxygens (including phenoxy) is 5. The molecule has 0 aliphatic heterocycles. The highest BCUT2D eigenvalue weighted by molar-refractivity contribution is 5.72. The Labute approximate surface area is 203 Å².